The summed E-state index contributed by atoms with van der Waals surface area (Å²) in [6.45, 7) is 2.93. The molecule has 1 unspecified atom stereocenters. The lowest BCUT2D eigenvalue weighted by molar-refractivity contribution is 0.0834. The van der Waals surface area contributed by atoms with Crippen LogP contribution in [0, 0.1) is 0 Å². The summed E-state index contributed by atoms with van der Waals surface area (Å²) in [6.07, 6.45) is 6.47. The van der Waals surface area contributed by atoms with Gasteiger partial charge in [0.05, 0.1) is 0 Å². The van der Waals surface area contributed by atoms with Gasteiger partial charge in [-0.3, -0.25) is 0 Å². The maximum atomic E-state index is 5.92. The lowest BCUT2D eigenvalue weighted by Crippen LogP contribution is -2.28. The second-order valence-electron chi connectivity index (χ2n) is 4.10. The molecule has 0 aromatic carbocycles. The molecule has 0 saturated heterocycles. The van der Waals surface area contributed by atoms with Crippen molar-refractivity contribution in [2.75, 3.05) is 6.61 Å². The van der Waals surface area contributed by atoms with E-state index < -0.39 is 0 Å². The van der Waals surface area contributed by atoms with E-state index in [4.69, 9.17) is 9.47 Å². The molecule has 0 fully saturated rings. The molecule has 1 aromatic heterocycles. The van der Waals surface area contributed by atoms with Gasteiger partial charge in [-0.25, -0.2) is 0 Å². The molecule has 0 amide bonds. The third kappa shape index (κ3) is 2.92. The summed E-state index contributed by atoms with van der Waals surface area (Å²) in [5.41, 5.74) is 0. The van der Waals surface area contributed by atoms with Gasteiger partial charge in [0.1, 0.15) is 16.5 Å². The molecule has 0 N–H and O–H groups in total. The maximum Gasteiger partial charge on any atom is 0.186 e. The Morgan fingerprint density at radius 3 is 3.12 bits per heavy atom. The second kappa shape index (κ2) is 5.92. The SMILES string of the molecule is CCCCCCC1COc2csc(Br)c2O1. The zero-order valence-corrected chi connectivity index (χ0v) is 11.9. The third-order valence-corrected chi connectivity index (χ3v) is 4.41. The Balaban J connectivity index is 1.81. The van der Waals surface area contributed by atoms with Crippen molar-refractivity contribution in [3.05, 3.63) is 9.17 Å². The maximum absolute atomic E-state index is 5.92. The predicted molar refractivity (Wildman–Crippen MR) is 70.7 cm³/mol. The number of ether oxygens (including phenoxy) is 2. The zero-order valence-electron chi connectivity index (χ0n) is 9.50. The van der Waals surface area contributed by atoms with E-state index in [-0.39, 0.29) is 6.10 Å². The number of halogens is 1. The Kier molecular flexibility index (Phi) is 4.53. The Hall–Kier alpha value is -0.220. The topological polar surface area (TPSA) is 18.5 Å². The molecule has 2 rings (SSSR count). The van der Waals surface area contributed by atoms with E-state index in [1.165, 1.54) is 25.7 Å². The molecule has 1 atom stereocenters. The smallest absolute Gasteiger partial charge is 0.186 e. The molecule has 2 heterocycles. The minimum atomic E-state index is 0.232. The van der Waals surface area contributed by atoms with Gasteiger partial charge < -0.3 is 9.47 Å². The van der Waals surface area contributed by atoms with E-state index in [9.17, 15) is 0 Å². The number of unbranched alkanes of at least 4 members (excludes halogenated alkanes) is 3. The summed E-state index contributed by atoms with van der Waals surface area (Å²) in [4.78, 5) is 0. The van der Waals surface area contributed by atoms with E-state index in [1.807, 2.05) is 5.38 Å². The summed E-state index contributed by atoms with van der Waals surface area (Å²) in [5, 5.41) is 1.99. The summed E-state index contributed by atoms with van der Waals surface area (Å²) in [7, 11) is 0. The van der Waals surface area contributed by atoms with Crippen molar-refractivity contribution in [1.29, 1.82) is 0 Å². The van der Waals surface area contributed by atoms with Gasteiger partial charge in [0.25, 0.3) is 0 Å². The van der Waals surface area contributed by atoms with Crippen LogP contribution >= 0.6 is 27.3 Å². The van der Waals surface area contributed by atoms with Crippen LogP contribution in [0.3, 0.4) is 0 Å². The molecule has 2 nitrogen and oxygen atoms in total. The molecule has 1 aliphatic heterocycles. The second-order valence-corrected chi connectivity index (χ2v) is 6.30. The summed E-state index contributed by atoms with van der Waals surface area (Å²) in [5.74, 6) is 1.79. The average molecular weight is 305 g/mol. The van der Waals surface area contributed by atoms with Crippen molar-refractivity contribution in [3.63, 3.8) is 0 Å². The standard InChI is InChI=1S/C12H17BrO2S/c1-2-3-4-5-6-9-7-14-10-8-16-12(13)11(10)15-9/h8-9H,2-7H2,1H3. The van der Waals surface area contributed by atoms with Gasteiger partial charge in [-0.2, -0.15) is 0 Å². The lowest BCUT2D eigenvalue weighted by Gasteiger charge is -2.24. The van der Waals surface area contributed by atoms with Gasteiger partial charge >= 0.3 is 0 Å². The number of rotatable bonds is 5. The van der Waals surface area contributed by atoms with E-state index in [2.05, 4.69) is 22.9 Å². The molecule has 0 aliphatic carbocycles. The molecule has 16 heavy (non-hydrogen) atoms. The minimum Gasteiger partial charge on any atom is -0.485 e. The largest absolute Gasteiger partial charge is 0.485 e. The van der Waals surface area contributed by atoms with Crippen molar-refractivity contribution in [1.82, 2.24) is 0 Å². The molecule has 90 valence electrons. The highest BCUT2D eigenvalue weighted by Gasteiger charge is 2.24. The first-order chi connectivity index (χ1) is 7.81. The zero-order chi connectivity index (χ0) is 11.4. The van der Waals surface area contributed by atoms with Gasteiger partial charge in [0.2, 0.25) is 0 Å². The van der Waals surface area contributed by atoms with Crippen molar-refractivity contribution in [2.24, 2.45) is 0 Å². The van der Waals surface area contributed by atoms with Crippen LogP contribution < -0.4 is 9.47 Å². The van der Waals surface area contributed by atoms with E-state index >= 15 is 0 Å². The Morgan fingerprint density at radius 1 is 1.44 bits per heavy atom. The predicted octanol–water partition coefficient (Wildman–Crippen LogP) is 4.62. The van der Waals surface area contributed by atoms with Gasteiger partial charge in [-0.15, -0.1) is 11.3 Å². The number of thiophene rings is 1. The van der Waals surface area contributed by atoms with Crippen molar-refractivity contribution in [3.8, 4) is 11.5 Å². The van der Waals surface area contributed by atoms with Crippen LogP contribution in [0.4, 0.5) is 0 Å². The van der Waals surface area contributed by atoms with Gasteiger partial charge in [0, 0.05) is 5.38 Å². The van der Waals surface area contributed by atoms with Crippen LogP contribution in [0.15, 0.2) is 9.17 Å². The van der Waals surface area contributed by atoms with E-state index in [0.29, 0.717) is 6.61 Å². The summed E-state index contributed by atoms with van der Waals surface area (Å²) < 4.78 is 12.6. The molecule has 1 aromatic rings. The monoisotopic (exact) mass is 304 g/mol. The first-order valence-electron chi connectivity index (χ1n) is 5.87. The quantitative estimate of drug-likeness (QED) is 0.739. The summed E-state index contributed by atoms with van der Waals surface area (Å²) >= 11 is 5.11. The number of hydrogen-bond acceptors (Lipinski definition) is 3. The van der Waals surface area contributed by atoms with Crippen molar-refractivity contribution in [2.45, 2.75) is 45.1 Å². The highest BCUT2D eigenvalue weighted by Crippen LogP contribution is 2.44. The fourth-order valence-corrected chi connectivity index (χ4v) is 3.05. The van der Waals surface area contributed by atoms with Crippen LogP contribution in [0.1, 0.15) is 39.0 Å². The van der Waals surface area contributed by atoms with Crippen molar-refractivity contribution < 1.29 is 9.47 Å². The van der Waals surface area contributed by atoms with Crippen LogP contribution in [0.2, 0.25) is 0 Å². The Morgan fingerprint density at radius 2 is 2.31 bits per heavy atom. The highest BCUT2D eigenvalue weighted by molar-refractivity contribution is 9.11. The molecular formula is C12H17BrO2S. The van der Waals surface area contributed by atoms with Crippen LogP contribution in [-0.4, -0.2) is 12.7 Å². The van der Waals surface area contributed by atoms with Crippen molar-refractivity contribution >= 4 is 27.3 Å². The number of fused-ring (bicyclic) bond motifs is 1. The van der Waals surface area contributed by atoms with Gasteiger partial charge in [0.15, 0.2) is 11.5 Å². The third-order valence-electron chi connectivity index (χ3n) is 2.76. The fraction of sp³-hybridized carbons (Fsp3) is 0.667. The molecular weight excluding hydrogens is 288 g/mol. The van der Waals surface area contributed by atoms with E-state index in [0.717, 1.165) is 21.7 Å². The molecule has 0 saturated carbocycles. The van der Waals surface area contributed by atoms with Gasteiger partial charge in [-0.1, -0.05) is 26.2 Å². The molecule has 0 spiro atoms. The highest BCUT2D eigenvalue weighted by atomic mass is 79.9. The molecule has 0 radical (unpaired) electrons. The number of hydrogen-bond donors (Lipinski definition) is 0. The van der Waals surface area contributed by atoms with Gasteiger partial charge in [-0.05, 0) is 28.8 Å². The van der Waals surface area contributed by atoms with Crippen LogP contribution in [0.5, 0.6) is 11.5 Å². The molecule has 4 heteroatoms. The summed E-state index contributed by atoms with van der Waals surface area (Å²) in [6, 6.07) is 0. The fourth-order valence-electron chi connectivity index (χ4n) is 1.84. The lowest BCUT2D eigenvalue weighted by atomic mass is 10.1. The van der Waals surface area contributed by atoms with E-state index in [1.54, 1.807) is 11.3 Å². The normalized spacial score (nSPS) is 18.8. The average Bonchev–Trinajstić information content (AvgIpc) is 2.67. The first-order valence-corrected chi connectivity index (χ1v) is 7.55. The molecule has 1 aliphatic rings. The Bertz CT molecular complexity index is 338. The first kappa shape index (κ1) is 12.2. The molecule has 0 bridgehead atoms. The van der Waals surface area contributed by atoms with Crippen LogP contribution in [-0.2, 0) is 0 Å². The minimum absolute atomic E-state index is 0.232. The Labute approximate surface area is 109 Å². The van der Waals surface area contributed by atoms with Crippen LogP contribution in [0.25, 0.3) is 0 Å².